The number of hydrogen-bond acceptors (Lipinski definition) is 4. The van der Waals surface area contributed by atoms with E-state index in [1.54, 1.807) is 31.4 Å². The van der Waals surface area contributed by atoms with Gasteiger partial charge in [-0.3, -0.25) is 4.79 Å². The third kappa shape index (κ3) is 4.98. The van der Waals surface area contributed by atoms with Crippen LogP contribution in [0.25, 0.3) is 6.08 Å². The van der Waals surface area contributed by atoms with E-state index in [2.05, 4.69) is 21.2 Å². The predicted molar refractivity (Wildman–Crippen MR) is 101 cm³/mol. The third-order valence-electron chi connectivity index (χ3n) is 3.63. The summed E-state index contributed by atoms with van der Waals surface area (Å²) >= 11 is 3.27. The van der Waals surface area contributed by atoms with Crippen LogP contribution in [0.15, 0.2) is 40.9 Å². The highest BCUT2D eigenvalue weighted by Crippen LogP contribution is 2.33. The van der Waals surface area contributed by atoms with Crippen LogP contribution in [0.4, 0.5) is 4.39 Å². The molecule has 0 unspecified atom stereocenters. The highest BCUT2D eigenvalue weighted by atomic mass is 79.9. The van der Waals surface area contributed by atoms with Crippen molar-refractivity contribution in [1.29, 1.82) is 0 Å². The van der Waals surface area contributed by atoms with Gasteiger partial charge >= 0.3 is 0 Å². The summed E-state index contributed by atoms with van der Waals surface area (Å²) in [6.45, 7) is 0.181. The third-order valence-corrected chi connectivity index (χ3v) is 4.12. The number of amides is 1. The fraction of sp³-hybridized carbons (Fsp3) is 0.211. The zero-order valence-corrected chi connectivity index (χ0v) is 16.2. The summed E-state index contributed by atoms with van der Waals surface area (Å²) in [5.74, 6) is 0.867. The topological polar surface area (TPSA) is 56.8 Å². The zero-order chi connectivity index (χ0) is 19.1. The second kappa shape index (κ2) is 9.24. The molecule has 1 amide bonds. The Morgan fingerprint density at radius 2 is 1.77 bits per heavy atom. The molecule has 0 aromatic heterocycles. The van der Waals surface area contributed by atoms with Gasteiger partial charge in [-0.25, -0.2) is 4.39 Å². The lowest BCUT2D eigenvalue weighted by molar-refractivity contribution is -0.116. The van der Waals surface area contributed by atoms with Crippen LogP contribution in [0.2, 0.25) is 0 Å². The van der Waals surface area contributed by atoms with Crippen LogP contribution in [0.1, 0.15) is 11.1 Å². The first kappa shape index (κ1) is 19.8. The molecule has 0 radical (unpaired) electrons. The van der Waals surface area contributed by atoms with Crippen molar-refractivity contribution in [2.45, 2.75) is 6.54 Å². The summed E-state index contributed by atoms with van der Waals surface area (Å²) in [6.07, 6.45) is 2.69. The van der Waals surface area contributed by atoms with E-state index < -0.39 is 5.82 Å². The van der Waals surface area contributed by atoms with E-state index in [-0.39, 0.29) is 12.5 Å². The number of carbonyl (C=O) groups is 1. The fourth-order valence-corrected chi connectivity index (χ4v) is 2.67. The van der Waals surface area contributed by atoms with Gasteiger partial charge < -0.3 is 19.5 Å². The standard InChI is InChI=1S/C19H19BrFNO4/c1-24-14-9-17(25-2)15(18(10-14)26-3)11-22-19(23)7-4-12-8-13(20)5-6-16(12)21/h4-10H,11H2,1-3H3,(H,22,23)/b7-4+. The molecule has 2 aromatic carbocycles. The Bertz CT molecular complexity index is 798. The van der Waals surface area contributed by atoms with Gasteiger partial charge in [-0.1, -0.05) is 15.9 Å². The lowest BCUT2D eigenvalue weighted by atomic mass is 10.1. The van der Waals surface area contributed by atoms with Gasteiger partial charge in [0.1, 0.15) is 23.1 Å². The van der Waals surface area contributed by atoms with Crippen LogP contribution in [0, 0.1) is 5.82 Å². The SMILES string of the molecule is COc1cc(OC)c(CNC(=O)/C=C/c2cc(Br)ccc2F)c(OC)c1. The number of rotatable bonds is 7. The van der Waals surface area contributed by atoms with Crippen LogP contribution >= 0.6 is 15.9 Å². The van der Waals surface area contributed by atoms with E-state index in [1.807, 2.05) is 0 Å². The maximum absolute atomic E-state index is 13.7. The predicted octanol–water partition coefficient (Wildman–Crippen LogP) is 3.94. The van der Waals surface area contributed by atoms with Gasteiger partial charge in [0.2, 0.25) is 5.91 Å². The quantitative estimate of drug-likeness (QED) is 0.685. The van der Waals surface area contributed by atoms with Crippen molar-refractivity contribution in [2.75, 3.05) is 21.3 Å². The van der Waals surface area contributed by atoms with Crippen molar-refractivity contribution in [3.8, 4) is 17.2 Å². The molecule has 0 fully saturated rings. The minimum absolute atomic E-state index is 0.181. The number of halogens is 2. The summed E-state index contributed by atoms with van der Waals surface area (Å²) in [7, 11) is 4.59. The number of ether oxygens (including phenoxy) is 3. The molecule has 2 aromatic rings. The lowest BCUT2D eigenvalue weighted by Gasteiger charge is -2.15. The maximum atomic E-state index is 13.7. The monoisotopic (exact) mass is 423 g/mol. The van der Waals surface area contributed by atoms with Gasteiger partial charge in [0.15, 0.2) is 0 Å². The molecule has 7 heteroatoms. The van der Waals surface area contributed by atoms with Crippen LogP contribution in [0.5, 0.6) is 17.2 Å². The Morgan fingerprint density at radius 1 is 1.12 bits per heavy atom. The smallest absolute Gasteiger partial charge is 0.244 e. The largest absolute Gasteiger partial charge is 0.496 e. The van der Waals surface area contributed by atoms with Crippen LogP contribution in [-0.2, 0) is 11.3 Å². The van der Waals surface area contributed by atoms with Crippen molar-refractivity contribution in [2.24, 2.45) is 0 Å². The molecule has 0 saturated heterocycles. The molecule has 0 atom stereocenters. The van der Waals surface area contributed by atoms with E-state index in [4.69, 9.17) is 14.2 Å². The molecule has 1 N–H and O–H groups in total. The minimum Gasteiger partial charge on any atom is -0.496 e. The summed E-state index contributed by atoms with van der Waals surface area (Å²) in [5, 5.41) is 2.73. The molecule has 138 valence electrons. The summed E-state index contributed by atoms with van der Waals surface area (Å²) in [4.78, 5) is 12.1. The molecule has 26 heavy (non-hydrogen) atoms. The maximum Gasteiger partial charge on any atom is 0.244 e. The number of nitrogens with one attached hydrogen (secondary N) is 1. The number of methoxy groups -OCH3 is 3. The van der Waals surface area contributed by atoms with Crippen molar-refractivity contribution in [3.63, 3.8) is 0 Å². The molecule has 5 nitrogen and oxygen atoms in total. The van der Waals surface area contributed by atoms with E-state index in [0.717, 1.165) is 4.47 Å². The Morgan fingerprint density at radius 3 is 2.35 bits per heavy atom. The van der Waals surface area contributed by atoms with Crippen LogP contribution < -0.4 is 19.5 Å². The Kier molecular flexibility index (Phi) is 7.03. The first-order chi connectivity index (χ1) is 12.5. The normalized spacial score (nSPS) is 10.7. The zero-order valence-electron chi connectivity index (χ0n) is 14.6. The molecule has 2 rings (SSSR count). The van der Waals surface area contributed by atoms with E-state index in [0.29, 0.717) is 28.4 Å². The van der Waals surface area contributed by atoms with Gasteiger partial charge in [0, 0.05) is 28.2 Å². The number of hydrogen-bond donors (Lipinski definition) is 1. The average molecular weight is 424 g/mol. The van der Waals surface area contributed by atoms with Crippen molar-refractivity contribution in [3.05, 3.63) is 57.8 Å². The van der Waals surface area contributed by atoms with Crippen LogP contribution in [0.3, 0.4) is 0 Å². The van der Waals surface area contributed by atoms with E-state index in [9.17, 15) is 9.18 Å². The molecule has 0 saturated carbocycles. The molecule has 0 heterocycles. The number of benzene rings is 2. The highest BCUT2D eigenvalue weighted by molar-refractivity contribution is 9.10. The number of carbonyl (C=O) groups excluding carboxylic acids is 1. The Labute approximate surface area is 159 Å². The van der Waals surface area contributed by atoms with Crippen molar-refractivity contribution < 1.29 is 23.4 Å². The summed E-state index contributed by atoms with van der Waals surface area (Å²) in [6, 6.07) is 7.92. The van der Waals surface area contributed by atoms with E-state index >= 15 is 0 Å². The molecule has 0 aliphatic rings. The van der Waals surface area contributed by atoms with Gasteiger partial charge in [0.05, 0.1) is 33.4 Å². The van der Waals surface area contributed by atoms with Gasteiger partial charge in [-0.15, -0.1) is 0 Å². The van der Waals surface area contributed by atoms with Crippen molar-refractivity contribution >= 4 is 27.9 Å². The first-order valence-corrected chi connectivity index (χ1v) is 8.47. The Balaban J connectivity index is 2.12. The molecule has 0 spiro atoms. The van der Waals surface area contributed by atoms with E-state index in [1.165, 1.54) is 32.4 Å². The minimum atomic E-state index is -0.407. The molecule has 0 bridgehead atoms. The van der Waals surface area contributed by atoms with Gasteiger partial charge in [0.25, 0.3) is 0 Å². The Hall–Kier alpha value is -2.54. The highest BCUT2D eigenvalue weighted by Gasteiger charge is 2.13. The fourth-order valence-electron chi connectivity index (χ4n) is 2.29. The van der Waals surface area contributed by atoms with Gasteiger partial charge in [-0.2, -0.15) is 0 Å². The summed E-state index contributed by atoms with van der Waals surface area (Å²) < 4.78 is 30.3. The average Bonchev–Trinajstić information content (AvgIpc) is 2.66. The van der Waals surface area contributed by atoms with Crippen LogP contribution in [-0.4, -0.2) is 27.2 Å². The molecular formula is C19H19BrFNO4. The van der Waals surface area contributed by atoms with Crippen molar-refractivity contribution in [1.82, 2.24) is 5.32 Å². The molecule has 0 aliphatic heterocycles. The lowest BCUT2D eigenvalue weighted by Crippen LogP contribution is -2.21. The molecular weight excluding hydrogens is 405 g/mol. The molecule has 0 aliphatic carbocycles. The van der Waals surface area contributed by atoms with Gasteiger partial charge in [-0.05, 0) is 24.3 Å². The first-order valence-electron chi connectivity index (χ1n) is 7.68. The second-order valence-corrected chi connectivity index (χ2v) is 6.14. The second-order valence-electron chi connectivity index (χ2n) is 5.23. The summed E-state index contributed by atoms with van der Waals surface area (Å²) in [5.41, 5.74) is 0.986.